The summed E-state index contributed by atoms with van der Waals surface area (Å²) in [4.78, 5) is 3.12. The first kappa shape index (κ1) is 21.8. The van der Waals surface area contributed by atoms with Gasteiger partial charge in [0.2, 0.25) is 0 Å². The van der Waals surface area contributed by atoms with Gasteiger partial charge >= 0.3 is 0 Å². The quantitative estimate of drug-likeness (QED) is 0.527. The molecule has 160 valence electrons. The van der Waals surface area contributed by atoms with Crippen LogP contribution < -0.4 is 19.9 Å². The lowest BCUT2D eigenvalue weighted by molar-refractivity contribution is 0.391. The first-order valence-corrected chi connectivity index (χ1v) is 10.9. The predicted molar refractivity (Wildman–Crippen MR) is 111 cm³/mol. The Labute approximate surface area is 176 Å². The van der Waals surface area contributed by atoms with Crippen molar-refractivity contribution in [3.05, 3.63) is 58.1 Å². The molecule has 2 aromatic carbocycles. The molecule has 0 saturated heterocycles. The van der Waals surface area contributed by atoms with Crippen LogP contribution >= 0.6 is 11.3 Å². The van der Waals surface area contributed by atoms with Gasteiger partial charge in [0.25, 0.3) is 10.0 Å². The van der Waals surface area contributed by atoms with Gasteiger partial charge in [-0.25, -0.2) is 22.2 Å². The summed E-state index contributed by atoms with van der Waals surface area (Å²) in [6, 6.07) is 4.86. The van der Waals surface area contributed by atoms with Crippen molar-refractivity contribution in [3.63, 3.8) is 0 Å². The number of rotatable bonds is 7. The molecule has 3 N–H and O–H groups in total. The van der Waals surface area contributed by atoms with Crippen molar-refractivity contribution in [2.75, 3.05) is 24.7 Å². The molecule has 3 aromatic rings. The minimum Gasteiger partial charge on any atom is -0.497 e. The maximum Gasteiger partial charge on any atom is 0.266 e. The van der Waals surface area contributed by atoms with Crippen LogP contribution in [-0.4, -0.2) is 27.6 Å². The van der Waals surface area contributed by atoms with Crippen LogP contribution in [0.15, 0.2) is 34.7 Å². The van der Waals surface area contributed by atoms with Crippen LogP contribution in [0.1, 0.15) is 16.7 Å². The lowest BCUT2D eigenvalue weighted by Gasteiger charge is -2.18. The topological polar surface area (TPSA) is 104 Å². The van der Waals surface area contributed by atoms with E-state index in [2.05, 4.69) is 9.71 Å². The van der Waals surface area contributed by atoms with Gasteiger partial charge in [-0.1, -0.05) is 6.07 Å². The molecular weight excluding hydrogens is 436 g/mol. The molecule has 1 heterocycles. The number of nitrogens with one attached hydrogen (secondary N) is 1. The van der Waals surface area contributed by atoms with Gasteiger partial charge in [0, 0.05) is 24.1 Å². The Morgan fingerprint density at radius 2 is 1.93 bits per heavy atom. The molecule has 0 bridgehead atoms. The zero-order valence-electron chi connectivity index (χ0n) is 16.3. The molecule has 1 aromatic heterocycles. The monoisotopic (exact) mass is 455 g/mol. The molecule has 0 radical (unpaired) electrons. The summed E-state index contributed by atoms with van der Waals surface area (Å²) in [5, 5.41) is 1.60. The Balaban J connectivity index is 2.19. The van der Waals surface area contributed by atoms with E-state index in [4.69, 9.17) is 15.2 Å². The van der Waals surface area contributed by atoms with E-state index in [0.29, 0.717) is 17.1 Å². The first-order valence-electron chi connectivity index (χ1n) is 8.58. The van der Waals surface area contributed by atoms with Crippen molar-refractivity contribution in [1.82, 2.24) is 4.98 Å². The molecule has 0 amide bonds. The summed E-state index contributed by atoms with van der Waals surface area (Å²) in [7, 11) is -1.54. The fourth-order valence-corrected chi connectivity index (χ4v) is 5.15. The third kappa shape index (κ3) is 4.03. The molecular formula is C19H19F2N3O4S2. The summed E-state index contributed by atoms with van der Waals surface area (Å²) in [6.07, 6.45) is 1.27. The molecule has 0 saturated carbocycles. The standard InChI is InChI=1S/C19H19F2N3O4S2/c1-10-13(8-11-4-5-12(27-2)9-14(11)28-3)18(16(21)17(22)15(10)20)30(25,26)24-19-23-6-7-29-19/h4-7,9H,8,22H2,1-3H3,(H,23,24). The average Bonchev–Trinajstić information content (AvgIpc) is 3.22. The second kappa shape index (κ2) is 8.44. The van der Waals surface area contributed by atoms with E-state index in [-0.39, 0.29) is 22.7 Å². The van der Waals surface area contributed by atoms with Crippen molar-refractivity contribution in [1.29, 1.82) is 0 Å². The van der Waals surface area contributed by atoms with Gasteiger partial charge in [0.05, 0.1) is 14.2 Å². The number of ether oxygens (including phenoxy) is 2. The summed E-state index contributed by atoms with van der Waals surface area (Å²) in [5.74, 6) is -1.48. The van der Waals surface area contributed by atoms with E-state index in [1.54, 1.807) is 23.6 Å². The highest BCUT2D eigenvalue weighted by molar-refractivity contribution is 7.93. The van der Waals surface area contributed by atoms with Crippen LogP contribution in [-0.2, 0) is 16.4 Å². The summed E-state index contributed by atoms with van der Waals surface area (Å²) >= 11 is 1.02. The molecule has 3 rings (SSSR count). The Morgan fingerprint density at radius 3 is 2.53 bits per heavy atom. The molecule has 0 aliphatic carbocycles. The number of nitrogen functional groups attached to an aromatic ring is 1. The van der Waals surface area contributed by atoms with Crippen molar-refractivity contribution in [3.8, 4) is 11.5 Å². The molecule has 30 heavy (non-hydrogen) atoms. The fraction of sp³-hybridized carbons (Fsp3) is 0.211. The number of sulfonamides is 1. The largest absolute Gasteiger partial charge is 0.497 e. The zero-order chi connectivity index (χ0) is 22.1. The normalized spacial score (nSPS) is 11.4. The molecule has 0 spiro atoms. The van der Waals surface area contributed by atoms with Gasteiger partial charge in [-0.2, -0.15) is 0 Å². The Morgan fingerprint density at radius 1 is 1.20 bits per heavy atom. The van der Waals surface area contributed by atoms with Gasteiger partial charge in [-0.3, -0.25) is 4.72 Å². The van der Waals surface area contributed by atoms with Crippen molar-refractivity contribution in [2.24, 2.45) is 0 Å². The van der Waals surface area contributed by atoms with E-state index < -0.39 is 32.2 Å². The molecule has 7 nitrogen and oxygen atoms in total. The maximum absolute atomic E-state index is 15.0. The lowest BCUT2D eigenvalue weighted by atomic mass is 9.98. The number of aromatic nitrogens is 1. The van der Waals surface area contributed by atoms with Crippen LogP contribution in [0.5, 0.6) is 11.5 Å². The smallest absolute Gasteiger partial charge is 0.266 e. The van der Waals surface area contributed by atoms with Gasteiger partial charge in [0.1, 0.15) is 22.1 Å². The summed E-state index contributed by atoms with van der Waals surface area (Å²) in [5.41, 5.74) is 5.01. The Hall–Kier alpha value is -2.92. The maximum atomic E-state index is 15.0. The SMILES string of the molecule is COc1ccc(Cc2c(C)c(F)c(N)c(F)c2S(=O)(=O)Nc2nccs2)c(OC)c1. The van der Waals surface area contributed by atoms with Crippen molar-refractivity contribution in [2.45, 2.75) is 18.2 Å². The van der Waals surface area contributed by atoms with Crippen LogP contribution in [0.2, 0.25) is 0 Å². The number of benzene rings is 2. The molecule has 0 fully saturated rings. The molecule has 0 aliphatic rings. The van der Waals surface area contributed by atoms with Gasteiger partial charge in [-0.15, -0.1) is 11.3 Å². The lowest BCUT2D eigenvalue weighted by Crippen LogP contribution is -2.20. The highest BCUT2D eigenvalue weighted by atomic mass is 32.2. The van der Waals surface area contributed by atoms with E-state index >= 15 is 0 Å². The number of hydrogen-bond donors (Lipinski definition) is 2. The predicted octanol–water partition coefficient (Wildman–Crippen LogP) is 3.72. The van der Waals surface area contributed by atoms with Crippen LogP contribution in [0.4, 0.5) is 19.6 Å². The number of anilines is 2. The molecule has 0 aliphatic heterocycles. The summed E-state index contributed by atoms with van der Waals surface area (Å²) in [6.45, 7) is 1.35. The van der Waals surface area contributed by atoms with E-state index in [0.717, 1.165) is 11.3 Å². The molecule has 11 heteroatoms. The summed E-state index contributed by atoms with van der Waals surface area (Å²) < 4.78 is 68.2. The van der Waals surface area contributed by atoms with E-state index in [9.17, 15) is 17.2 Å². The number of nitrogens with zero attached hydrogens (tertiary/aromatic N) is 1. The second-order valence-electron chi connectivity index (χ2n) is 6.27. The number of hydrogen-bond acceptors (Lipinski definition) is 7. The number of thiazole rings is 1. The highest BCUT2D eigenvalue weighted by Gasteiger charge is 2.31. The fourth-order valence-electron chi connectivity index (χ4n) is 2.98. The average molecular weight is 456 g/mol. The van der Waals surface area contributed by atoms with Crippen LogP contribution in [0.3, 0.4) is 0 Å². The minimum atomic E-state index is -4.45. The van der Waals surface area contributed by atoms with Crippen LogP contribution in [0.25, 0.3) is 0 Å². The molecule has 0 atom stereocenters. The number of nitrogens with two attached hydrogens (primary N) is 1. The highest BCUT2D eigenvalue weighted by Crippen LogP contribution is 2.36. The second-order valence-corrected chi connectivity index (χ2v) is 8.79. The van der Waals surface area contributed by atoms with E-state index in [1.165, 1.54) is 27.3 Å². The third-order valence-electron chi connectivity index (χ3n) is 4.51. The van der Waals surface area contributed by atoms with Crippen molar-refractivity contribution < 1.29 is 26.7 Å². The minimum absolute atomic E-state index is 0.0444. The molecule has 0 unspecified atom stereocenters. The van der Waals surface area contributed by atoms with E-state index in [1.807, 2.05) is 0 Å². The zero-order valence-corrected chi connectivity index (χ0v) is 18.0. The van der Waals surface area contributed by atoms with Crippen molar-refractivity contribution >= 4 is 32.2 Å². The number of halogens is 2. The van der Waals surface area contributed by atoms with Gasteiger partial charge < -0.3 is 15.2 Å². The van der Waals surface area contributed by atoms with Gasteiger partial charge in [0.15, 0.2) is 16.8 Å². The number of methoxy groups -OCH3 is 2. The Kier molecular flexibility index (Phi) is 6.13. The first-order chi connectivity index (χ1) is 14.2. The third-order valence-corrected chi connectivity index (χ3v) is 6.76. The Bertz CT molecular complexity index is 1180. The van der Waals surface area contributed by atoms with Gasteiger partial charge in [-0.05, 0) is 29.7 Å². The van der Waals surface area contributed by atoms with Crippen LogP contribution in [0, 0.1) is 18.6 Å².